The number of quaternary nitrogens is 1. The zero-order valence-corrected chi connectivity index (χ0v) is 43.3. The van der Waals surface area contributed by atoms with Gasteiger partial charge in [0.25, 0.3) is 7.82 Å². The first kappa shape index (κ1) is 62.4. The molecule has 0 aliphatic rings. The number of likely N-dealkylation sites (N-methyl/N-ethyl adjacent to an activating group) is 1. The Labute approximate surface area is 399 Å². The van der Waals surface area contributed by atoms with Crippen LogP contribution < -0.4 is 4.89 Å². The van der Waals surface area contributed by atoms with E-state index in [-0.39, 0.29) is 32.0 Å². The fourth-order valence-electron chi connectivity index (χ4n) is 6.95. The molecule has 0 N–H and O–H groups in total. The van der Waals surface area contributed by atoms with Crippen molar-refractivity contribution in [3.8, 4) is 0 Å². The lowest BCUT2D eigenvalue weighted by atomic mass is 10.0. The Bertz CT molecular complexity index is 1330. The summed E-state index contributed by atoms with van der Waals surface area (Å²) in [6, 6.07) is 0. The fraction of sp³-hybridized carbons (Fsp3) is 0.745. The van der Waals surface area contributed by atoms with E-state index >= 15 is 0 Å². The second-order valence-corrected chi connectivity index (χ2v) is 19.9. The molecule has 0 aromatic rings. The van der Waals surface area contributed by atoms with Crippen LogP contribution in [0.1, 0.15) is 213 Å². The van der Waals surface area contributed by atoms with E-state index in [1.807, 2.05) is 21.1 Å². The molecular weight excluding hydrogens is 834 g/mol. The van der Waals surface area contributed by atoms with E-state index in [0.29, 0.717) is 17.4 Å². The van der Waals surface area contributed by atoms with E-state index < -0.39 is 26.5 Å². The summed E-state index contributed by atoms with van der Waals surface area (Å²) in [5, 5.41) is 0. The Morgan fingerprint density at radius 3 is 1.31 bits per heavy atom. The molecule has 9 nitrogen and oxygen atoms in total. The number of ether oxygens (including phenoxy) is 2. The van der Waals surface area contributed by atoms with Crippen LogP contribution in [0.5, 0.6) is 0 Å². The van der Waals surface area contributed by atoms with Crippen molar-refractivity contribution in [3.63, 3.8) is 0 Å². The average Bonchev–Trinajstić information content (AvgIpc) is 3.26. The third-order valence-corrected chi connectivity index (χ3v) is 12.0. The van der Waals surface area contributed by atoms with Gasteiger partial charge in [0, 0.05) is 12.8 Å². The third kappa shape index (κ3) is 50.7. The Hall–Kier alpha value is -2.55. The van der Waals surface area contributed by atoms with Crippen molar-refractivity contribution in [1.82, 2.24) is 0 Å². The van der Waals surface area contributed by atoms with Gasteiger partial charge >= 0.3 is 11.9 Å². The molecule has 0 aromatic heterocycles. The molecule has 0 heterocycles. The zero-order chi connectivity index (χ0) is 47.8. The number of allylic oxidation sites excluding steroid dienone is 12. The van der Waals surface area contributed by atoms with Crippen molar-refractivity contribution in [3.05, 3.63) is 72.9 Å². The molecule has 2 atom stereocenters. The van der Waals surface area contributed by atoms with Gasteiger partial charge in [0.05, 0.1) is 27.7 Å². The molecule has 0 aliphatic carbocycles. The fourth-order valence-corrected chi connectivity index (χ4v) is 7.68. The molecular formula is C55H98NO8P. The number of nitrogens with zero attached hydrogens (tertiary/aromatic N) is 1. The lowest BCUT2D eigenvalue weighted by molar-refractivity contribution is -0.870. The number of phosphoric acid groups is 1. The van der Waals surface area contributed by atoms with Crippen LogP contribution in [0.2, 0.25) is 0 Å². The quantitative estimate of drug-likeness (QED) is 0.0195. The molecule has 0 aliphatic heterocycles. The molecule has 0 spiro atoms. The summed E-state index contributed by atoms with van der Waals surface area (Å²) in [5.41, 5.74) is 0. The van der Waals surface area contributed by atoms with Gasteiger partial charge in [0.15, 0.2) is 6.10 Å². The van der Waals surface area contributed by atoms with Crippen LogP contribution in [0.25, 0.3) is 0 Å². The number of carbonyl (C=O) groups excluding carboxylic acids is 2. The average molecular weight is 932 g/mol. The summed E-state index contributed by atoms with van der Waals surface area (Å²) in [4.78, 5) is 37.5. The molecule has 0 saturated heterocycles. The first-order valence-electron chi connectivity index (χ1n) is 26.1. The topological polar surface area (TPSA) is 111 Å². The van der Waals surface area contributed by atoms with Crippen molar-refractivity contribution < 1.29 is 42.1 Å². The minimum atomic E-state index is -4.62. The summed E-state index contributed by atoms with van der Waals surface area (Å²) in [6.45, 7) is 4.08. The maximum absolute atomic E-state index is 12.7. The number of rotatable bonds is 47. The molecule has 0 aromatic carbocycles. The highest BCUT2D eigenvalue weighted by atomic mass is 31.2. The minimum Gasteiger partial charge on any atom is -0.756 e. The Morgan fingerprint density at radius 1 is 0.492 bits per heavy atom. The van der Waals surface area contributed by atoms with Gasteiger partial charge in [-0.15, -0.1) is 0 Å². The molecule has 0 amide bonds. The minimum absolute atomic E-state index is 0.0317. The molecule has 65 heavy (non-hydrogen) atoms. The van der Waals surface area contributed by atoms with Crippen LogP contribution in [0.3, 0.4) is 0 Å². The van der Waals surface area contributed by atoms with Crippen molar-refractivity contribution in [2.45, 2.75) is 219 Å². The second kappa shape index (κ2) is 46.6. The monoisotopic (exact) mass is 932 g/mol. The Balaban J connectivity index is 4.00. The van der Waals surface area contributed by atoms with Crippen LogP contribution >= 0.6 is 7.82 Å². The van der Waals surface area contributed by atoms with Crippen molar-refractivity contribution in [2.24, 2.45) is 0 Å². The highest BCUT2D eigenvalue weighted by Gasteiger charge is 2.21. The Kier molecular flexibility index (Phi) is 44.7. The normalized spacial score (nSPS) is 14.0. The SMILES string of the molecule is CC/C=C\C/C=C\C/C=C\C/C=C\C/C=C\C/C=C\CCCCCCCCCCCCCCCCC(=O)OC(COC(=O)CCCCCCCCCC)COP(=O)([O-])OCC[N+](C)(C)C. The number of esters is 2. The highest BCUT2D eigenvalue weighted by molar-refractivity contribution is 7.45. The molecule has 0 fully saturated rings. The summed E-state index contributed by atoms with van der Waals surface area (Å²) < 4.78 is 33.9. The van der Waals surface area contributed by atoms with Crippen molar-refractivity contribution >= 4 is 19.8 Å². The number of hydrogen-bond donors (Lipinski definition) is 0. The number of carbonyl (C=O) groups is 2. The van der Waals surface area contributed by atoms with Gasteiger partial charge in [-0.25, -0.2) is 0 Å². The lowest BCUT2D eigenvalue weighted by Crippen LogP contribution is -2.37. The van der Waals surface area contributed by atoms with Crippen molar-refractivity contribution in [1.29, 1.82) is 0 Å². The summed E-state index contributed by atoms with van der Waals surface area (Å²) in [5.74, 6) is -0.838. The van der Waals surface area contributed by atoms with Gasteiger partial charge in [0.1, 0.15) is 19.8 Å². The predicted octanol–water partition coefficient (Wildman–Crippen LogP) is 15.1. The van der Waals surface area contributed by atoms with Gasteiger partial charge in [-0.2, -0.15) is 0 Å². The first-order chi connectivity index (χ1) is 31.5. The molecule has 0 bridgehead atoms. The van der Waals surface area contributed by atoms with Gasteiger partial charge in [0.2, 0.25) is 0 Å². The summed E-state index contributed by atoms with van der Waals surface area (Å²) >= 11 is 0. The second-order valence-electron chi connectivity index (χ2n) is 18.5. The van der Waals surface area contributed by atoms with Gasteiger partial charge in [-0.1, -0.05) is 209 Å². The van der Waals surface area contributed by atoms with E-state index in [1.165, 1.54) is 103 Å². The largest absolute Gasteiger partial charge is 0.756 e. The standard InChI is InChI=1S/C55H98NO8P/c1-6-8-10-12-14-16-17-18-19-20-21-22-23-24-25-26-27-28-29-30-31-32-33-34-35-36-37-38-39-40-42-44-46-48-55(58)64-53(52-63-65(59,60)62-50-49-56(3,4)5)51-61-54(57)47-45-43-41-15-13-11-9-7-2/h8,10,14,16,18-19,21-22,24-25,27-28,53H,6-7,9,11-13,15,17,20,23,26,29-52H2,1-5H3/b10-8-,16-14-,19-18-,22-21-,25-24-,28-27-. The molecule has 376 valence electrons. The van der Waals surface area contributed by atoms with Crippen LogP contribution in [0, 0.1) is 0 Å². The van der Waals surface area contributed by atoms with Gasteiger partial charge < -0.3 is 27.9 Å². The van der Waals surface area contributed by atoms with E-state index in [0.717, 1.165) is 77.0 Å². The van der Waals surface area contributed by atoms with Crippen LogP contribution in [0.15, 0.2) is 72.9 Å². The summed E-state index contributed by atoms with van der Waals surface area (Å²) in [7, 11) is 1.16. The van der Waals surface area contributed by atoms with E-state index in [4.69, 9.17) is 18.5 Å². The lowest BCUT2D eigenvalue weighted by Gasteiger charge is -2.28. The third-order valence-electron chi connectivity index (χ3n) is 11.0. The summed E-state index contributed by atoms with van der Waals surface area (Å²) in [6.07, 6.45) is 59.7. The number of unbranched alkanes of at least 4 members (excludes halogenated alkanes) is 21. The Morgan fingerprint density at radius 2 is 0.877 bits per heavy atom. The molecule has 10 heteroatoms. The maximum atomic E-state index is 12.7. The van der Waals surface area contributed by atoms with E-state index in [1.54, 1.807) is 0 Å². The van der Waals surface area contributed by atoms with Gasteiger partial charge in [-0.3, -0.25) is 14.2 Å². The molecule has 0 rings (SSSR count). The highest BCUT2D eigenvalue weighted by Crippen LogP contribution is 2.38. The number of phosphoric ester groups is 1. The zero-order valence-electron chi connectivity index (χ0n) is 42.4. The molecule has 2 unspecified atom stereocenters. The van der Waals surface area contributed by atoms with E-state index in [2.05, 4.69) is 86.8 Å². The smallest absolute Gasteiger partial charge is 0.306 e. The van der Waals surface area contributed by atoms with Crippen LogP contribution in [-0.4, -0.2) is 70.0 Å². The number of hydrogen-bond acceptors (Lipinski definition) is 8. The molecule has 0 saturated carbocycles. The van der Waals surface area contributed by atoms with Crippen LogP contribution in [-0.2, 0) is 32.7 Å². The maximum Gasteiger partial charge on any atom is 0.306 e. The first-order valence-corrected chi connectivity index (χ1v) is 27.6. The van der Waals surface area contributed by atoms with Crippen LogP contribution in [0.4, 0.5) is 0 Å². The van der Waals surface area contributed by atoms with E-state index in [9.17, 15) is 19.0 Å². The predicted molar refractivity (Wildman–Crippen MR) is 273 cm³/mol. The van der Waals surface area contributed by atoms with Gasteiger partial charge in [-0.05, 0) is 64.2 Å². The van der Waals surface area contributed by atoms with Crippen molar-refractivity contribution in [2.75, 3.05) is 47.5 Å². The molecule has 0 radical (unpaired) electrons.